The van der Waals surface area contributed by atoms with Gasteiger partial charge in [-0.25, -0.2) is 8.42 Å². The second kappa shape index (κ2) is 7.51. The van der Waals surface area contributed by atoms with Crippen LogP contribution in [0, 0.1) is 5.92 Å². The molecule has 0 radical (unpaired) electrons. The van der Waals surface area contributed by atoms with E-state index < -0.39 is 33.2 Å². The first-order valence-electron chi connectivity index (χ1n) is 8.59. The molecule has 0 saturated heterocycles. The Morgan fingerprint density at radius 1 is 1.00 bits per heavy atom. The van der Waals surface area contributed by atoms with Gasteiger partial charge in [-0.15, -0.1) is 0 Å². The van der Waals surface area contributed by atoms with Crippen LogP contribution in [-0.4, -0.2) is 26.5 Å². The summed E-state index contributed by atoms with van der Waals surface area (Å²) in [6.45, 7) is 0. The van der Waals surface area contributed by atoms with Crippen LogP contribution >= 0.6 is 0 Å². The highest BCUT2D eigenvalue weighted by Crippen LogP contribution is 2.37. The molecule has 0 unspecified atom stereocenters. The fraction of sp³-hybridized carbons (Fsp3) is 0.263. The van der Waals surface area contributed by atoms with Crippen molar-refractivity contribution in [3.05, 3.63) is 53.6 Å². The lowest BCUT2D eigenvalue weighted by molar-refractivity contribution is -0.137. The van der Waals surface area contributed by atoms with Gasteiger partial charge in [-0.05, 0) is 55.3 Å². The highest BCUT2D eigenvalue weighted by molar-refractivity contribution is 7.90. The summed E-state index contributed by atoms with van der Waals surface area (Å²) in [5.74, 6) is -1.33. The number of rotatable bonds is 5. The van der Waals surface area contributed by atoms with E-state index >= 15 is 0 Å². The van der Waals surface area contributed by atoms with Gasteiger partial charge in [0.05, 0.1) is 16.1 Å². The molecule has 6 nitrogen and oxygen atoms in total. The number of hydrogen-bond donors (Lipinski definition) is 2. The molecule has 1 saturated carbocycles. The first-order valence-corrected chi connectivity index (χ1v) is 10.5. The molecular formula is C19H17F3N2O4S. The zero-order valence-corrected chi connectivity index (χ0v) is 16.0. The minimum Gasteiger partial charge on any atom is -0.326 e. The van der Waals surface area contributed by atoms with E-state index in [1.807, 2.05) is 0 Å². The minimum absolute atomic E-state index is 0.00311. The predicted molar refractivity (Wildman–Crippen MR) is 100 cm³/mol. The van der Waals surface area contributed by atoms with Gasteiger partial charge in [-0.2, -0.15) is 13.2 Å². The normalized spacial score (nSPS) is 14.3. The molecule has 10 heteroatoms. The summed E-state index contributed by atoms with van der Waals surface area (Å²) in [7, 11) is -3.46. The Morgan fingerprint density at radius 2 is 1.62 bits per heavy atom. The van der Waals surface area contributed by atoms with E-state index in [1.54, 1.807) is 0 Å². The average Bonchev–Trinajstić information content (AvgIpc) is 3.46. The van der Waals surface area contributed by atoms with Gasteiger partial charge >= 0.3 is 6.18 Å². The molecule has 0 atom stereocenters. The lowest BCUT2D eigenvalue weighted by Crippen LogP contribution is -2.18. The largest absolute Gasteiger partial charge is 0.418 e. The van der Waals surface area contributed by atoms with Crippen LogP contribution in [-0.2, 0) is 20.8 Å². The lowest BCUT2D eigenvalue weighted by Gasteiger charge is -2.16. The highest BCUT2D eigenvalue weighted by atomic mass is 32.2. The molecule has 0 heterocycles. The third kappa shape index (κ3) is 5.14. The van der Waals surface area contributed by atoms with Crippen LogP contribution in [0.5, 0.6) is 0 Å². The quantitative estimate of drug-likeness (QED) is 0.763. The van der Waals surface area contributed by atoms with Crippen molar-refractivity contribution < 1.29 is 31.2 Å². The number of benzene rings is 2. The van der Waals surface area contributed by atoms with Gasteiger partial charge in [0, 0.05) is 23.4 Å². The maximum Gasteiger partial charge on any atom is 0.418 e. The third-order valence-corrected chi connectivity index (χ3v) is 5.46. The van der Waals surface area contributed by atoms with Crippen LogP contribution < -0.4 is 10.6 Å². The molecule has 154 valence electrons. The molecule has 0 spiro atoms. The molecule has 1 aliphatic carbocycles. The second-order valence-electron chi connectivity index (χ2n) is 6.77. The number of hydrogen-bond acceptors (Lipinski definition) is 4. The van der Waals surface area contributed by atoms with Crippen LogP contribution in [0.1, 0.15) is 28.8 Å². The van der Waals surface area contributed by atoms with Crippen LogP contribution in [0.25, 0.3) is 0 Å². The molecule has 0 aliphatic heterocycles. The monoisotopic (exact) mass is 426 g/mol. The molecule has 2 amide bonds. The molecule has 2 aromatic rings. The summed E-state index contributed by atoms with van der Waals surface area (Å²) < 4.78 is 63.2. The molecule has 1 fully saturated rings. The van der Waals surface area contributed by atoms with Gasteiger partial charge in [-0.3, -0.25) is 9.59 Å². The number of anilines is 2. The van der Waals surface area contributed by atoms with Crippen LogP contribution in [0.15, 0.2) is 47.4 Å². The fourth-order valence-corrected chi connectivity index (χ4v) is 3.23. The summed E-state index contributed by atoms with van der Waals surface area (Å²) in [5.41, 5.74) is -1.59. The zero-order valence-electron chi connectivity index (χ0n) is 15.2. The van der Waals surface area contributed by atoms with Gasteiger partial charge in [0.2, 0.25) is 5.91 Å². The molecule has 3 rings (SSSR count). The third-order valence-electron chi connectivity index (χ3n) is 4.33. The van der Waals surface area contributed by atoms with E-state index in [9.17, 15) is 31.2 Å². The van der Waals surface area contributed by atoms with E-state index in [0.717, 1.165) is 18.4 Å². The standard InChI is InChI=1S/C19H17F3N2O4S/c1-29(27,28)14-7-4-12(5-8-14)18(26)24-16-9-6-13(10-15(16)19(20,21)22)23-17(25)11-2-3-11/h4-11H,2-3H2,1H3,(H,23,25)(H,24,26). The molecule has 29 heavy (non-hydrogen) atoms. The van der Waals surface area contributed by atoms with E-state index in [4.69, 9.17) is 0 Å². The molecule has 1 aliphatic rings. The number of carbonyl (C=O) groups is 2. The summed E-state index contributed by atoms with van der Waals surface area (Å²) in [5, 5.41) is 4.63. The fourth-order valence-electron chi connectivity index (χ4n) is 2.60. The Kier molecular flexibility index (Phi) is 5.40. The number of alkyl halides is 3. The topological polar surface area (TPSA) is 92.3 Å². The van der Waals surface area contributed by atoms with Gasteiger partial charge in [0.1, 0.15) is 0 Å². The molecule has 0 bridgehead atoms. The van der Waals surface area contributed by atoms with Crippen molar-refractivity contribution in [1.82, 2.24) is 0 Å². The van der Waals surface area contributed by atoms with Crippen molar-refractivity contribution in [3.63, 3.8) is 0 Å². The smallest absolute Gasteiger partial charge is 0.326 e. The average molecular weight is 426 g/mol. The Hall–Kier alpha value is -2.88. The minimum atomic E-state index is -4.76. The predicted octanol–water partition coefficient (Wildman–Crippen LogP) is 3.71. The molecular weight excluding hydrogens is 409 g/mol. The summed E-state index contributed by atoms with van der Waals surface area (Å²) in [6, 6.07) is 7.93. The van der Waals surface area contributed by atoms with Crippen LogP contribution in [0.4, 0.5) is 24.5 Å². The number of sulfone groups is 1. The summed E-state index contributed by atoms with van der Waals surface area (Å²) in [4.78, 5) is 24.1. The van der Waals surface area contributed by atoms with Crippen LogP contribution in [0.2, 0.25) is 0 Å². The van der Waals surface area contributed by atoms with Crippen molar-refractivity contribution in [1.29, 1.82) is 0 Å². The Labute approximate surface area is 165 Å². The first-order chi connectivity index (χ1) is 13.4. The number of carbonyl (C=O) groups excluding carboxylic acids is 2. The number of amides is 2. The molecule has 0 aromatic heterocycles. The van der Waals surface area contributed by atoms with Crippen LogP contribution in [0.3, 0.4) is 0 Å². The number of halogens is 3. The van der Waals surface area contributed by atoms with Crippen molar-refractivity contribution >= 4 is 33.0 Å². The van der Waals surface area contributed by atoms with Crippen molar-refractivity contribution in [2.24, 2.45) is 5.92 Å². The van der Waals surface area contributed by atoms with E-state index in [1.165, 1.54) is 30.3 Å². The maximum atomic E-state index is 13.4. The van der Waals surface area contributed by atoms with Gasteiger partial charge < -0.3 is 10.6 Å². The first kappa shape index (κ1) is 20.8. The maximum absolute atomic E-state index is 13.4. The Bertz CT molecular complexity index is 1060. The van der Waals surface area contributed by atoms with Crippen molar-refractivity contribution in [2.45, 2.75) is 23.9 Å². The van der Waals surface area contributed by atoms with Crippen molar-refractivity contribution in [3.8, 4) is 0 Å². The van der Waals surface area contributed by atoms with E-state index in [0.29, 0.717) is 12.8 Å². The second-order valence-corrected chi connectivity index (χ2v) is 8.79. The van der Waals surface area contributed by atoms with Gasteiger partial charge in [-0.1, -0.05) is 0 Å². The summed E-state index contributed by atoms with van der Waals surface area (Å²) in [6.07, 6.45) is -2.33. The lowest BCUT2D eigenvalue weighted by atomic mass is 10.1. The molecule has 2 N–H and O–H groups in total. The Balaban J connectivity index is 1.83. The van der Waals surface area contributed by atoms with Gasteiger partial charge in [0.15, 0.2) is 9.84 Å². The van der Waals surface area contributed by atoms with Gasteiger partial charge in [0.25, 0.3) is 5.91 Å². The Morgan fingerprint density at radius 3 is 2.14 bits per heavy atom. The van der Waals surface area contributed by atoms with E-state index in [-0.39, 0.29) is 28.0 Å². The zero-order chi connectivity index (χ0) is 21.4. The highest BCUT2D eigenvalue weighted by Gasteiger charge is 2.35. The SMILES string of the molecule is CS(=O)(=O)c1ccc(C(=O)Nc2ccc(NC(=O)C3CC3)cc2C(F)(F)F)cc1. The number of nitrogens with one attached hydrogen (secondary N) is 2. The van der Waals surface area contributed by atoms with E-state index in [2.05, 4.69) is 10.6 Å². The summed E-state index contributed by atoms with van der Waals surface area (Å²) >= 11 is 0. The van der Waals surface area contributed by atoms with Crippen molar-refractivity contribution in [2.75, 3.05) is 16.9 Å². The molecule has 2 aromatic carbocycles.